The van der Waals surface area contributed by atoms with Crippen molar-refractivity contribution in [2.75, 3.05) is 13.1 Å². The highest BCUT2D eigenvalue weighted by molar-refractivity contribution is 6.30. The summed E-state index contributed by atoms with van der Waals surface area (Å²) < 4.78 is 5.30. The van der Waals surface area contributed by atoms with Crippen LogP contribution < -0.4 is 0 Å². The SMILES string of the molecule is OC1(c2ccc(Cl)cc2)CCN(Cc2noc(C3CC3)n2)CC1. The fourth-order valence-electron chi connectivity index (χ4n) is 3.16. The minimum atomic E-state index is -0.766. The Balaban J connectivity index is 1.37. The van der Waals surface area contributed by atoms with Crippen LogP contribution in [0.3, 0.4) is 0 Å². The molecule has 4 rings (SSSR count). The van der Waals surface area contributed by atoms with E-state index in [0.717, 1.165) is 30.4 Å². The van der Waals surface area contributed by atoms with Gasteiger partial charge >= 0.3 is 0 Å². The van der Waals surface area contributed by atoms with Gasteiger partial charge in [0.15, 0.2) is 5.82 Å². The second-order valence-corrected chi connectivity index (χ2v) is 7.07. The number of rotatable bonds is 4. The van der Waals surface area contributed by atoms with Crippen molar-refractivity contribution in [2.24, 2.45) is 0 Å². The first-order valence-electron chi connectivity index (χ1n) is 8.16. The van der Waals surface area contributed by atoms with E-state index < -0.39 is 5.60 Å². The van der Waals surface area contributed by atoms with E-state index in [4.69, 9.17) is 16.1 Å². The van der Waals surface area contributed by atoms with Crippen LogP contribution in [0.4, 0.5) is 0 Å². The quantitative estimate of drug-likeness (QED) is 0.931. The number of hydrogen-bond donors (Lipinski definition) is 1. The third-order valence-electron chi connectivity index (χ3n) is 4.84. The van der Waals surface area contributed by atoms with E-state index >= 15 is 0 Å². The molecule has 1 saturated carbocycles. The van der Waals surface area contributed by atoms with Gasteiger partial charge in [0.05, 0.1) is 12.1 Å². The number of piperidine rings is 1. The van der Waals surface area contributed by atoms with E-state index in [0.29, 0.717) is 30.3 Å². The third kappa shape index (κ3) is 3.27. The van der Waals surface area contributed by atoms with Crippen molar-refractivity contribution >= 4 is 11.6 Å². The molecule has 1 aliphatic heterocycles. The van der Waals surface area contributed by atoms with Gasteiger partial charge in [0.1, 0.15) is 0 Å². The Hall–Kier alpha value is -1.43. The first-order chi connectivity index (χ1) is 11.1. The molecule has 23 heavy (non-hydrogen) atoms. The van der Waals surface area contributed by atoms with Gasteiger partial charge in [0.2, 0.25) is 5.89 Å². The molecular formula is C17H20ClN3O2. The number of hydrogen-bond acceptors (Lipinski definition) is 5. The minimum absolute atomic E-state index is 0.493. The van der Waals surface area contributed by atoms with E-state index in [1.54, 1.807) is 0 Å². The molecule has 0 atom stereocenters. The highest BCUT2D eigenvalue weighted by Gasteiger charge is 2.35. The summed E-state index contributed by atoms with van der Waals surface area (Å²) in [6.07, 6.45) is 3.73. The second-order valence-electron chi connectivity index (χ2n) is 6.64. The molecule has 5 nitrogen and oxygen atoms in total. The number of halogens is 1. The number of nitrogens with zero attached hydrogens (tertiary/aromatic N) is 3. The monoisotopic (exact) mass is 333 g/mol. The lowest BCUT2D eigenvalue weighted by Gasteiger charge is -2.38. The Bertz CT molecular complexity index is 673. The van der Waals surface area contributed by atoms with Gasteiger partial charge in [0.25, 0.3) is 0 Å². The highest BCUT2D eigenvalue weighted by atomic mass is 35.5. The Morgan fingerprint density at radius 1 is 1.22 bits per heavy atom. The summed E-state index contributed by atoms with van der Waals surface area (Å²) in [5, 5.41) is 15.6. The van der Waals surface area contributed by atoms with E-state index in [9.17, 15) is 5.11 Å². The summed E-state index contributed by atoms with van der Waals surface area (Å²) in [6, 6.07) is 7.50. The summed E-state index contributed by atoms with van der Waals surface area (Å²) >= 11 is 5.93. The van der Waals surface area contributed by atoms with E-state index in [1.807, 2.05) is 24.3 Å². The van der Waals surface area contributed by atoms with Crippen molar-refractivity contribution in [2.45, 2.75) is 43.7 Å². The molecule has 2 heterocycles. The lowest BCUT2D eigenvalue weighted by molar-refractivity contribution is -0.0283. The molecular weight excluding hydrogens is 314 g/mol. The van der Waals surface area contributed by atoms with Crippen LogP contribution in [0.1, 0.15) is 48.9 Å². The molecule has 2 fully saturated rings. The largest absolute Gasteiger partial charge is 0.385 e. The van der Waals surface area contributed by atoms with Gasteiger partial charge in [-0.25, -0.2) is 0 Å². The molecule has 0 spiro atoms. The molecule has 1 N–H and O–H groups in total. The molecule has 1 saturated heterocycles. The lowest BCUT2D eigenvalue weighted by atomic mass is 9.84. The molecule has 6 heteroatoms. The zero-order valence-electron chi connectivity index (χ0n) is 12.9. The summed E-state index contributed by atoms with van der Waals surface area (Å²) in [4.78, 5) is 6.74. The van der Waals surface area contributed by atoms with Crippen LogP contribution in [-0.2, 0) is 12.1 Å². The molecule has 122 valence electrons. The molecule has 1 aromatic carbocycles. The van der Waals surface area contributed by atoms with Crippen LogP contribution >= 0.6 is 11.6 Å². The fraction of sp³-hybridized carbons (Fsp3) is 0.529. The number of benzene rings is 1. The first-order valence-corrected chi connectivity index (χ1v) is 8.53. The van der Waals surface area contributed by atoms with Gasteiger partial charge in [0, 0.05) is 24.0 Å². The van der Waals surface area contributed by atoms with Crippen molar-refractivity contribution in [3.05, 3.63) is 46.6 Å². The van der Waals surface area contributed by atoms with Gasteiger partial charge in [-0.05, 0) is 43.4 Å². The summed E-state index contributed by atoms with van der Waals surface area (Å²) in [5.41, 5.74) is 0.175. The summed E-state index contributed by atoms with van der Waals surface area (Å²) in [5.74, 6) is 2.03. The van der Waals surface area contributed by atoms with Crippen LogP contribution in [0.15, 0.2) is 28.8 Å². The van der Waals surface area contributed by atoms with Gasteiger partial charge in [-0.15, -0.1) is 0 Å². The standard InChI is InChI=1S/C17H20ClN3O2/c18-14-5-3-13(4-6-14)17(22)7-9-21(10-8-17)11-15-19-16(23-20-15)12-1-2-12/h3-6,12,22H,1-2,7-11H2. The molecule has 0 radical (unpaired) electrons. The number of aliphatic hydroxyl groups is 1. The zero-order chi connectivity index (χ0) is 15.9. The van der Waals surface area contributed by atoms with E-state index in [1.165, 1.54) is 12.8 Å². The van der Waals surface area contributed by atoms with Crippen molar-refractivity contribution in [1.82, 2.24) is 15.0 Å². The summed E-state index contributed by atoms with van der Waals surface area (Å²) in [7, 11) is 0. The fourth-order valence-corrected chi connectivity index (χ4v) is 3.28. The van der Waals surface area contributed by atoms with Gasteiger partial charge in [-0.1, -0.05) is 28.9 Å². The third-order valence-corrected chi connectivity index (χ3v) is 5.09. The van der Waals surface area contributed by atoms with Crippen molar-refractivity contribution in [3.8, 4) is 0 Å². The van der Waals surface area contributed by atoms with E-state index in [2.05, 4.69) is 15.0 Å². The maximum Gasteiger partial charge on any atom is 0.229 e. The van der Waals surface area contributed by atoms with Gasteiger partial charge < -0.3 is 9.63 Å². The number of aromatic nitrogens is 2. The molecule has 0 bridgehead atoms. The predicted octanol–water partition coefficient (Wildman–Crippen LogP) is 3.08. The maximum absolute atomic E-state index is 10.9. The van der Waals surface area contributed by atoms with Crippen LogP contribution in [0.25, 0.3) is 0 Å². The zero-order valence-corrected chi connectivity index (χ0v) is 13.7. The molecule has 0 amide bonds. The average molecular weight is 334 g/mol. The molecule has 2 aromatic rings. The Kier molecular flexibility index (Phi) is 3.87. The number of likely N-dealkylation sites (tertiary alicyclic amines) is 1. The topological polar surface area (TPSA) is 62.4 Å². The Labute approximate surface area is 140 Å². The second kappa shape index (κ2) is 5.89. The molecule has 0 unspecified atom stereocenters. The average Bonchev–Trinajstić information content (AvgIpc) is 3.30. The summed E-state index contributed by atoms with van der Waals surface area (Å²) in [6.45, 7) is 2.31. The van der Waals surface area contributed by atoms with Crippen LogP contribution in [0.2, 0.25) is 5.02 Å². The van der Waals surface area contributed by atoms with Gasteiger partial charge in [-0.3, -0.25) is 4.90 Å². The molecule has 2 aliphatic rings. The Morgan fingerprint density at radius 3 is 2.57 bits per heavy atom. The predicted molar refractivity (Wildman–Crippen MR) is 86.1 cm³/mol. The van der Waals surface area contributed by atoms with Gasteiger partial charge in [-0.2, -0.15) is 4.98 Å². The smallest absolute Gasteiger partial charge is 0.229 e. The highest BCUT2D eigenvalue weighted by Crippen LogP contribution is 2.39. The maximum atomic E-state index is 10.9. The molecule has 1 aliphatic carbocycles. The lowest BCUT2D eigenvalue weighted by Crippen LogP contribution is -2.42. The minimum Gasteiger partial charge on any atom is -0.385 e. The molecule has 1 aromatic heterocycles. The van der Waals surface area contributed by atoms with Crippen LogP contribution in [0, 0.1) is 0 Å². The normalized spacial score (nSPS) is 21.5. The van der Waals surface area contributed by atoms with Crippen molar-refractivity contribution in [1.29, 1.82) is 0 Å². The van der Waals surface area contributed by atoms with Crippen LogP contribution in [-0.4, -0.2) is 33.2 Å². The van der Waals surface area contributed by atoms with Crippen molar-refractivity contribution < 1.29 is 9.63 Å². The van der Waals surface area contributed by atoms with E-state index in [-0.39, 0.29) is 0 Å². The van der Waals surface area contributed by atoms with Crippen LogP contribution in [0.5, 0.6) is 0 Å². The first kappa shape index (κ1) is 15.1. The van der Waals surface area contributed by atoms with Crippen molar-refractivity contribution in [3.63, 3.8) is 0 Å². The Morgan fingerprint density at radius 2 is 1.91 bits per heavy atom.